The van der Waals surface area contributed by atoms with E-state index in [0.29, 0.717) is 0 Å². The van der Waals surface area contributed by atoms with Gasteiger partial charge >= 0.3 is 0 Å². The molecule has 0 saturated heterocycles. The molecule has 1 aromatic carbocycles. The van der Waals surface area contributed by atoms with Crippen LogP contribution >= 0.6 is 23.4 Å². The molecular formula is C16H18ClN3OS. The number of rotatable bonds is 5. The predicted octanol–water partition coefficient (Wildman–Crippen LogP) is 3.83. The van der Waals surface area contributed by atoms with Gasteiger partial charge in [0.2, 0.25) is 0 Å². The molecule has 0 bridgehead atoms. The summed E-state index contributed by atoms with van der Waals surface area (Å²) >= 11 is 7.74. The molecule has 1 aliphatic heterocycles. The van der Waals surface area contributed by atoms with E-state index >= 15 is 0 Å². The minimum atomic E-state index is 0.730. The van der Waals surface area contributed by atoms with Crippen LogP contribution in [0.15, 0.2) is 29.4 Å². The zero-order valence-electron chi connectivity index (χ0n) is 12.4. The first-order valence-corrected chi connectivity index (χ1v) is 8.93. The lowest BCUT2D eigenvalue weighted by Crippen LogP contribution is -2.16. The summed E-state index contributed by atoms with van der Waals surface area (Å²) in [6.45, 7) is 1.48. The standard InChI is InChI=1S/C16H18ClN3OS/c1-22-16-19-13-7-4-10-21-14(13)15(20-16)18-9-8-11-5-2-3-6-12(11)17/h2-3,5-6H,4,7-10H2,1H3,(H,18,19,20). The quantitative estimate of drug-likeness (QED) is 0.664. The molecule has 0 amide bonds. The average molecular weight is 336 g/mol. The molecule has 0 atom stereocenters. The number of hydrogen-bond acceptors (Lipinski definition) is 5. The highest BCUT2D eigenvalue weighted by atomic mass is 35.5. The largest absolute Gasteiger partial charge is 0.488 e. The Morgan fingerprint density at radius 3 is 3.00 bits per heavy atom. The van der Waals surface area contributed by atoms with Gasteiger partial charge < -0.3 is 10.1 Å². The monoisotopic (exact) mass is 335 g/mol. The summed E-state index contributed by atoms with van der Waals surface area (Å²) in [5.74, 6) is 1.60. The summed E-state index contributed by atoms with van der Waals surface area (Å²) in [5.41, 5.74) is 2.14. The van der Waals surface area contributed by atoms with E-state index in [1.54, 1.807) is 11.8 Å². The van der Waals surface area contributed by atoms with Crippen molar-refractivity contribution in [2.75, 3.05) is 24.7 Å². The fourth-order valence-electron chi connectivity index (χ4n) is 2.44. The summed E-state index contributed by atoms with van der Waals surface area (Å²) in [7, 11) is 0. The Labute approximate surface area is 139 Å². The Balaban J connectivity index is 1.73. The molecule has 1 aromatic heterocycles. The summed E-state index contributed by atoms with van der Waals surface area (Å²) < 4.78 is 5.76. The van der Waals surface area contributed by atoms with Crippen molar-refractivity contribution in [1.29, 1.82) is 0 Å². The van der Waals surface area contributed by atoms with Crippen molar-refractivity contribution in [3.63, 3.8) is 0 Å². The molecule has 4 nitrogen and oxygen atoms in total. The highest BCUT2D eigenvalue weighted by Crippen LogP contribution is 2.32. The van der Waals surface area contributed by atoms with Gasteiger partial charge in [-0.1, -0.05) is 41.6 Å². The van der Waals surface area contributed by atoms with E-state index in [9.17, 15) is 0 Å². The maximum atomic E-state index is 6.19. The van der Waals surface area contributed by atoms with E-state index in [2.05, 4.69) is 15.3 Å². The molecule has 6 heteroatoms. The molecule has 0 unspecified atom stereocenters. The van der Waals surface area contributed by atoms with Gasteiger partial charge in [-0.3, -0.25) is 0 Å². The summed E-state index contributed by atoms with van der Waals surface area (Å²) in [6, 6.07) is 7.91. The number of nitrogens with one attached hydrogen (secondary N) is 1. The summed E-state index contributed by atoms with van der Waals surface area (Å²) in [4.78, 5) is 9.08. The molecule has 0 spiro atoms. The second-order valence-electron chi connectivity index (χ2n) is 5.05. The van der Waals surface area contributed by atoms with Crippen molar-refractivity contribution in [3.8, 4) is 5.75 Å². The van der Waals surface area contributed by atoms with E-state index in [4.69, 9.17) is 16.3 Å². The lowest BCUT2D eigenvalue weighted by Gasteiger charge is -2.20. The number of nitrogens with zero attached hydrogens (tertiary/aromatic N) is 2. The Kier molecular flexibility index (Phi) is 5.05. The van der Waals surface area contributed by atoms with Gasteiger partial charge in [0.25, 0.3) is 0 Å². The maximum Gasteiger partial charge on any atom is 0.189 e. The lowest BCUT2D eigenvalue weighted by molar-refractivity contribution is 0.283. The summed E-state index contributed by atoms with van der Waals surface area (Å²) in [6.07, 6.45) is 4.79. The predicted molar refractivity (Wildman–Crippen MR) is 91.3 cm³/mol. The molecule has 1 N–H and O–H groups in total. The Morgan fingerprint density at radius 1 is 1.32 bits per heavy atom. The first-order chi connectivity index (χ1) is 10.8. The van der Waals surface area contributed by atoms with Crippen LogP contribution in [0.2, 0.25) is 5.02 Å². The molecule has 2 heterocycles. The van der Waals surface area contributed by atoms with Crippen molar-refractivity contribution >= 4 is 29.2 Å². The second-order valence-corrected chi connectivity index (χ2v) is 6.24. The highest BCUT2D eigenvalue weighted by molar-refractivity contribution is 7.98. The van der Waals surface area contributed by atoms with Gasteiger partial charge in [0.05, 0.1) is 12.3 Å². The first-order valence-electron chi connectivity index (χ1n) is 7.33. The van der Waals surface area contributed by atoms with Crippen LogP contribution in [-0.4, -0.2) is 29.4 Å². The normalized spacial score (nSPS) is 13.4. The number of anilines is 1. The highest BCUT2D eigenvalue weighted by Gasteiger charge is 2.19. The minimum Gasteiger partial charge on any atom is -0.488 e. The molecular weight excluding hydrogens is 318 g/mol. The zero-order chi connectivity index (χ0) is 15.4. The van der Waals surface area contributed by atoms with Gasteiger partial charge in [0, 0.05) is 11.6 Å². The number of ether oxygens (including phenoxy) is 1. The topological polar surface area (TPSA) is 47.0 Å². The molecule has 3 rings (SSSR count). The van der Waals surface area contributed by atoms with Gasteiger partial charge in [-0.25, -0.2) is 9.97 Å². The van der Waals surface area contributed by atoms with Crippen LogP contribution in [0.4, 0.5) is 5.82 Å². The number of aromatic nitrogens is 2. The van der Waals surface area contributed by atoms with Crippen LogP contribution in [0, 0.1) is 0 Å². The number of thioether (sulfide) groups is 1. The molecule has 1 aliphatic rings. The third-order valence-electron chi connectivity index (χ3n) is 3.55. The fraction of sp³-hybridized carbons (Fsp3) is 0.375. The molecule has 116 valence electrons. The van der Waals surface area contributed by atoms with Crippen molar-refractivity contribution in [1.82, 2.24) is 9.97 Å². The Hall–Kier alpha value is -1.46. The number of aryl methyl sites for hydroxylation is 1. The molecule has 0 fully saturated rings. The van der Waals surface area contributed by atoms with E-state index in [0.717, 1.165) is 65.4 Å². The second kappa shape index (κ2) is 7.20. The van der Waals surface area contributed by atoms with E-state index in [1.807, 2.05) is 30.5 Å². The number of benzene rings is 1. The number of fused-ring (bicyclic) bond motifs is 1. The van der Waals surface area contributed by atoms with Gasteiger partial charge in [0.1, 0.15) is 0 Å². The zero-order valence-corrected chi connectivity index (χ0v) is 14.0. The number of halogens is 1. The summed E-state index contributed by atoms with van der Waals surface area (Å²) in [5, 5.41) is 4.96. The third-order valence-corrected chi connectivity index (χ3v) is 4.46. The van der Waals surface area contributed by atoms with Crippen molar-refractivity contribution in [3.05, 3.63) is 40.5 Å². The molecule has 0 aliphatic carbocycles. The molecule has 0 radical (unpaired) electrons. The van der Waals surface area contributed by atoms with Crippen LogP contribution in [0.3, 0.4) is 0 Å². The van der Waals surface area contributed by atoms with Crippen molar-refractivity contribution in [2.45, 2.75) is 24.4 Å². The maximum absolute atomic E-state index is 6.19. The van der Waals surface area contributed by atoms with Crippen molar-refractivity contribution in [2.24, 2.45) is 0 Å². The lowest BCUT2D eigenvalue weighted by atomic mass is 10.1. The molecule has 2 aromatic rings. The van der Waals surface area contributed by atoms with Gasteiger partial charge in [-0.2, -0.15) is 0 Å². The van der Waals surface area contributed by atoms with E-state index in [-0.39, 0.29) is 0 Å². The Morgan fingerprint density at radius 2 is 2.18 bits per heavy atom. The van der Waals surface area contributed by atoms with Gasteiger partial charge in [-0.05, 0) is 37.1 Å². The van der Waals surface area contributed by atoms with E-state index < -0.39 is 0 Å². The third kappa shape index (κ3) is 3.47. The van der Waals surface area contributed by atoms with Gasteiger partial charge in [0.15, 0.2) is 16.7 Å². The first kappa shape index (κ1) is 15.4. The van der Waals surface area contributed by atoms with Crippen LogP contribution in [0.1, 0.15) is 17.7 Å². The molecule has 22 heavy (non-hydrogen) atoms. The molecule has 0 saturated carbocycles. The van der Waals surface area contributed by atoms with Gasteiger partial charge in [-0.15, -0.1) is 0 Å². The fourth-order valence-corrected chi connectivity index (χ4v) is 3.05. The van der Waals surface area contributed by atoms with Crippen LogP contribution in [0.5, 0.6) is 5.75 Å². The Bertz CT molecular complexity index is 666. The smallest absolute Gasteiger partial charge is 0.189 e. The SMILES string of the molecule is CSc1nc2c(c(NCCc3ccccc3Cl)n1)OCCC2. The van der Waals surface area contributed by atoms with Crippen LogP contribution in [0.25, 0.3) is 0 Å². The van der Waals surface area contributed by atoms with Crippen molar-refractivity contribution < 1.29 is 4.74 Å². The van der Waals surface area contributed by atoms with Crippen LogP contribution in [-0.2, 0) is 12.8 Å². The van der Waals surface area contributed by atoms with Crippen LogP contribution < -0.4 is 10.1 Å². The average Bonchev–Trinajstić information content (AvgIpc) is 2.56. The minimum absolute atomic E-state index is 0.730. The number of hydrogen-bond donors (Lipinski definition) is 1. The van der Waals surface area contributed by atoms with E-state index in [1.165, 1.54) is 0 Å².